The molecule has 2 unspecified atom stereocenters. The van der Waals surface area contributed by atoms with Gasteiger partial charge in [0.2, 0.25) is 5.91 Å². The zero-order valence-corrected chi connectivity index (χ0v) is 12.4. The van der Waals surface area contributed by atoms with E-state index in [9.17, 15) is 4.79 Å². The molecule has 6 heteroatoms. The van der Waals surface area contributed by atoms with Crippen LogP contribution in [0.15, 0.2) is 18.5 Å². The maximum atomic E-state index is 12.4. The van der Waals surface area contributed by atoms with Crippen molar-refractivity contribution < 1.29 is 9.53 Å². The van der Waals surface area contributed by atoms with Crippen molar-refractivity contribution in [2.75, 3.05) is 26.2 Å². The second-order valence-corrected chi connectivity index (χ2v) is 5.79. The number of nitrogens with one attached hydrogen (secondary N) is 1. The molecule has 2 atom stereocenters. The Labute approximate surface area is 125 Å². The van der Waals surface area contributed by atoms with Gasteiger partial charge in [-0.1, -0.05) is 12.8 Å². The minimum Gasteiger partial charge on any atom is -0.374 e. The van der Waals surface area contributed by atoms with Crippen LogP contribution in [-0.2, 0) is 16.1 Å². The van der Waals surface area contributed by atoms with Gasteiger partial charge in [-0.25, -0.2) is 0 Å². The second kappa shape index (κ2) is 7.04. The van der Waals surface area contributed by atoms with Gasteiger partial charge in [0.05, 0.1) is 31.8 Å². The number of rotatable bonds is 5. The third-order valence-electron chi connectivity index (χ3n) is 4.41. The Balaban J connectivity index is 1.43. The van der Waals surface area contributed by atoms with Gasteiger partial charge >= 0.3 is 0 Å². The first-order valence-electron chi connectivity index (χ1n) is 7.94. The van der Waals surface area contributed by atoms with E-state index in [1.54, 1.807) is 6.20 Å². The molecule has 1 aromatic rings. The molecule has 0 bridgehead atoms. The SMILES string of the molecule is O=C(CNCCn1cccn1)N1CCOC2CCCCC21. The summed E-state index contributed by atoms with van der Waals surface area (Å²) in [5, 5.41) is 7.36. The first-order valence-corrected chi connectivity index (χ1v) is 7.94. The lowest BCUT2D eigenvalue weighted by molar-refractivity contribution is -0.148. The van der Waals surface area contributed by atoms with Gasteiger partial charge in [-0.3, -0.25) is 9.48 Å². The molecule has 0 aromatic carbocycles. The molecule has 1 N–H and O–H groups in total. The molecular weight excluding hydrogens is 268 g/mol. The first kappa shape index (κ1) is 14.5. The van der Waals surface area contributed by atoms with Crippen LogP contribution in [0.5, 0.6) is 0 Å². The third-order valence-corrected chi connectivity index (χ3v) is 4.41. The van der Waals surface area contributed by atoms with E-state index in [1.165, 1.54) is 12.8 Å². The van der Waals surface area contributed by atoms with Gasteiger partial charge in [-0.2, -0.15) is 5.10 Å². The van der Waals surface area contributed by atoms with Crippen LogP contribution in [-0.4, -0.2) is 59.0 Å². The Kier molecular flexibility index (Phi) is 4.87. The fourth-order valence-corrected chi connectivity index (χ4v) is 3.33. The van der Waals surface area contributed by atoms with E-state index in [2.05, 4.69) is 10.4 Å². The van der Waals surface area contributed by atoms with Crippen molar-refractivity contribution >= 4 is 5.91 Å². The smallest absolute Gasteiger partial charge is 0.236 e. The number of ether oxygens (including phenoxy) is 1. The quantitative estimate of drug-likeness (QED) is 0.809. The van der Waals surface area contributed by atoms with E-state index < -0.39 is 0 Å². The molecule has 1 aliphatic heterocycles. The number of hydrogen-bond acceptors (Lipinski definition) is 4. The molecule has 1 amide bonds. The van der Waals surface area contributed by atoms with E-state index in [1.807, 2.05) is 21.8 Å². The highest BCUT2D eigenvalue weighted by molar-refractivity contribution is 5.78. The summed E-state index contributed by atoms with van der Waals surface area (Å²) in [6.45, 7) is 3.37. The highest BCUT2D eigenvalue weighted by Gasteiger charge is 2.36. The van der Waals surface area contributed by atoms with Gasteiger partial charge in [-0.15, -0.1) is 0 Å². The normalized spacial score (nSPS) is 25.6. The number of morpholine rings is 1. The van der Waals surface area contributed by atoms with E-state index in [-0.39, 0.29) is 12.0 Å². The lowest BCUT2D eigenvalue weighted by Crippen LogP contribution is -2.56. The van der Waals surface area contributed by atoms with Crippen molar-refractivity contribution in [1.82, 2.24) is 20.0 Å². The predicted octanol–water partition coefficient (Wildman–Crippen LogP) is 0.643. The minimum atomic E-state index is 0.204. The monoisotopic (exact) mass is 292 g/mol. The number of fused-ring (bicyclic) bond motifs is 1. The average Bonchev–Trinajstić information content (AvgIpc) is 3.04. The summed E-state index contributed by atoms with van der Waals surface area (Å²) in [5.41, 5.74) is 0. The summed E-state index contributed by atoms with van der Waals surface area (Å²) >= 11 is 0. The van der Waals surface area contributed by atoms with Crippen LogP contribution < -0.4 is 5.32 Å². The van der Waals surface area contributed by atoms with E-state index in [0.717, 1.165) is 32.5 Å². The number of amides is 1. The summed E-state index contributed by atoms with van der Waals surface area (Å²) in [5.74, 6) is 0.204. The molecule has 21 heavy (non-hydrogen) atoms. The standard InChI is InChI=1S/C15H24N4O2/c20-15(12-16-7-9-18-8-3-6-17-18)19-10-11-21-14-5-2-1-4-13(14)19/h3,6,8,13-14,16H,1-2,4-5,7,9-12H2. The van der Waals surface area contributed by atoms with Crippen molar-refractivity contribution in [2.24, 2.45) is 0 Å². The van der Waals surface area contributed by atoms with Crippen molar-refractivity contribution in [3.8, 4) is 0 Å². The van der Waals surface area contributed by atoms with Gasteiger partial charge < -0.3 is 15.0 Å². The van der Waals surface area contributed by atoms with Crippen LogP contribution in [0.1, 0.15) is 25.7 Å². The van der Waals surface area contributed by atoms with Gasteiger partial charge in [0.1, 0.15) is 0 Å². The summed E-state index contributed by atoms with van der Waals surface area (Å²) in [7, 11) is 0. The minimum absolute atomic E-state index is 0.204. The molecule has 6 nitrogen and oxygen atoms in total. The fraction of sp³-hybridized carbons (Fsp3) is 0.733. The topological polar surface area (TPSA) is 59.4 Å². The lowest BCUT2D eigenvalue weighted by atomic mass is 9.90. The van der Waals surface area contributed by atoms with Crippen LogP contribution in [0.4, 0.5) is 0 Å². The largest absolute Gasteiger partial charge is 0.374 e. The molecule has 1 aromatic heterocycles. The van der Waals surface area contributed by atoms with Crippen LogP contribution in [0, 0.1) is 0 Å². The molecule has 2 heterocycles. The molecule has 3 rings (SSSR count). The third kappa shape index (κ3) is 3.63. The zero-order chi connectivity index (χ0) is 14.5. The van der Waals surface area contributed by atoms with Crippen molar-refractivity contribution in [3.05, 3.63) is 18.5 Å². The molecular formula is C15H24N4O2. The predicted molar refractivity (Wildman–Crippen MR) is 78.8 cm³/mol. The average molecular weight is 292 g/mol. The number of carbonyl (C=O) groups is 1. The summed E-state index contributed by atoms with van der Waals surface area (Å²) < 4.78 is 7.68. The first-order chi connectivity index (χ1) is 10.3. The molecule has 1 saturated carbocycles. The van der Waals surface area contributed by atoms with Crippen LogP contribution in [0.25, 0.3) is 0 Å². The summed E-state index contributed by atoms with van der Waals surface area (Å²) in [4.78, 5) is 14.4. The van der Waals surface area contributed by atoms with Crippen LogP contribution >= 0.6 is 0 Å². The van der Waals surface area contributed by atoms with Crippen molar-refractivity contribution in [3.63, 3.8) is 0 Å². The molecule has 116 valence electrons. The lowest BCUT2D eigenvalue weighted by Gasteiger charge is -2.43. The van der Waals surface area contributed by atoms with E-state index in [4.69, 9.17) is 4.74 Å². The zero-order valence-electron chi connectivity index (χ0n) is 12.4. The second-order valence-electron chi connectivity index (χ2n) is 5.79. The Morgan fingerprint density at radius 3 is 3.14 bits per heavy atom. The fourth-order valence-electron chi connectivity index (χ4n) is 3.33. The van der Waals surface area contributed by atoms with E-state index in [0.29, 0.717) is 19.2 Å². The molecule has 2 aliphatic rings. The summed E-state index contributed by atoms with van der Waals surface area (Å²) in [6, 6.07) is 2.20. The Morgan fingerprint density at radius 1 is 1.38 bits per heavy atom. The molecule has 1 aliphatic carbocycles. The molecule has 1 saturated heterocycles. The molecule has 2 fully saturated rings. The Morgan fingerprint density at radius 2 is 2.29 bits per heavy atom. The van der Waals surface area contributed by atoms with Gasteiger partial charge in [-0.05, 0) is 18.9 Å². The number of hydrogen-bond donors (Lipinski definition) is 1. The maximum Gasteiger partial charge on any atom is 0.236 e. The van der Waals surface area contributed by atoms with Gasteiger partial charge in [0.25, 0.3) is 0 Å². The Hall–Kier alpha value is -1.40. The molecule has 0 radical (unpaired) electrons. The number of aromatic nitrogens is 2. The highest BCUT2D eigenvalue weighted by atomic mass is 16.5. The Bertz CT molecular complexity index is 447. The van der Waals surface area contributed by atoms with Crippen molar-refractivity contribution in [2.45, 2.75) is 44.4 Å². The van der Waals surface area contributed by atoms with Crippen LogP contribution in [0.2, 0.25) is 0 Å². The number of carbonyl (C=O) groups excluding carboxylic acids is 1. The maximum absolute atomic E-state index is 12.4. The van der Waals surface area contributed by atoms with Crippen molar-refractivity contribution in [1.29, 1.82) is 0 Å². The highest BCUT2D eigenvalue weighted by Crippen LogP contribution is 2.28. The number of nitrogens with zero attached hydrogens (tertiary/aromatic N) is 3. The molecule has 0 spiro atoms. The van der Waals surface area contributed by atoms with Gasteiger partial charge in [0, 0.05) is 25.5 Å². The van der Waals surface area contributed by atoms with E-state index >= 15 is 0 Å². The van der Waals surface area contributed by atoms with Gasteiger partial charge in [0.15, 0.2) is 0 Å². The summed E-state index contributed by atoms with van der Waals surface area (Å²) in [6.07, 6.45) is 8.58. The van der Waals surface area contributed by atoms with Crippen LogP contribution in [0.3, 0.4) is 0 Å².